The predicted octanol–water partition coefficient (Wildman–Crippen LogP) is 3.88. The summed E-state index contributed by atoms with van der Waals surface area (Å²) in [6, 6.07) is 17.1. The Morgan fingerprint density at radius 2 is 1.83 bits per heavy atom. The Morgan fingerprint density at radius 3 is 2.65 bits per heavy atom. The summed E-state index contributed by atoms with van der Waals surface area (Å²) in [6.45, 7) is 0. The van der Waals surface area contributed by atoms with Gasteiger partial charge in [0.25, 0.3) is 0 Å². The highest BCUT2D eigenvalue weighted by Gasteiger charge is 2.18. The van der Waals surface area contributed by atoms with Gasteiger partial charge >= 0.3 is 0 Å². The fourth-order valence-electron chi connectivity index (χ4n) is 2.60. The van der Waals surface area contributed by atoms with Crippen LogP contribution in [-0.2, 0) is 0 Å². The van der Waals surface area contributed by atoms with E-state index >= 15 is 0 Å². The standard InChI is InChI=1S/C19H16N2O2/c22-16-9-6-13(7-10-16)5-8-15-12-17(21-20-15)19-11-14-3-1-2-4-18(14)23-19/h1-12,17,20-22H/b8-5+. The van der Waals surface area contributed by atoms with E-state index in [-0.39, 0.29) is 11.8 Å². The highest BCUT2D eigenvalue weighted by atomic mass is 16.3. The Bertz CT molecular complexity index is 858. The molecule has 0 saturated heterocycles. The summed E-state index contributed by atoms with van der Waals surface area (Å²) in [5.41, 5.74) is 9.24. The molecule has 4 nitrogen and oxygen atoms in total. The second-order valence-electron chi connectivity index (χ2n) is 5.48. The van der Waals surface area contributed by atoms with Crippen LogP contribution in [0.15, 0.2) is 76.9 Å². The number of benzene rings is 2. The van der Waals surface area contributed by atoms with Gasteiger partial charge in [0.15, 0.2) is 0 Å². The molecule has 0 radical (unpaired) electrons. The number of phenolic OH excluding ortho intramolecular Hbond substituents is 1. The van der Waals surface area contributed by atoms with Crippen molar-refractivity contribution in [3.05, 3.63) is 83.8 Å². The van der Waals surface area contributed by atoms with Gasteiger partial charge in [-0.3, -0.25) is 0 Å². The SMILES string of the molecule is Oc1ccc(/C=C/C2=CC(c3cc4ccccc4o3)NN2)cc1. The van der Waals surface area contributed by atoms with Gasteiger partial charge in [-0.2, -0.15) is 0 Å². The van der Waals surface area contributed by atoms with Gasteiger partial charge in [0, 0.05) is 11.1 Å². The number of hydrogen-bond donors (Lipinski definition) is 3. The van der Waals surface area contributed by atoms with Crippen LogP contribution in [0, 0.1) is 0 Å². The maximum atomic E-state index is 9.29. The molecule has 114 valence electrons. The van der Waals surface area contributed by atoms with Gasteiger partial charge in [0.1, 0.15) is 23.1 Å². The Kier molecular flexibility index (Phi) is 3.37. The number of fused-ring (bicyclic) bond motifs is 1. The second-order valence-corrected chi connectivity index (χ2v) is 5.48. The summed E-state index contributed by atoms with van der Waals surface area (Å²) in [5, 5.41) is 10.4. The van der Waals surface area contributed by atoms with Crippen molar-refractivity contribution in [2.24, 2.45) is 0 Å². The molecule has 0 aliphatic carbocycles. The Balaban J connectivity index is 1.53. The molecule has 1 aliphatic heterocycles. The maximum Gasteiger partial charge on any atom is 0.134 e. The second kappa shape index (κ2) is 5.66. The van der Waals surface area contributed by atoms with Gasteiger partial charge in [-0.1, -0.05) is 36.4 Å². The largest absolute Gasteiger partial charge is 0.508 e. The van der Waals surface area contributed by atoms with Crippen LogP contribution in [0.5, 0.6) is 5.75 Å². The lowest BCUT2D eigenvalue weighted by atomic mass is 10.1. The molecule has 1 unspecified atom stereocenters. The first-order chi connectivity index (χ1) is 11.3. The zero-order chi connectivity index (χ0) is 15.6. The third kappa shape index (κ3) is 2.84. The van der Waals surface area contributed by atoms with Crippen molar-refractivity contribution in [2.45, 2.75) is 6.04 Å². The van der Waals surface area contributed by atoms with Crippen LogP contribution in [0.1, 0.15) is 17.4 Å². The van der Waals surface area contributed by atoms with Crippen LogP contribution in [0.2, 0.25) is 0 Å². The van der Waals surface area contributed by atoms with E-state index in [0.29, 0.717) is 0 Å². The number of hydrazine groups is 1. The number of rotatable bonds is 3. The number of nitrogens with one attached hydrogen (secondary N) is 2. The van der Waals surface area contributed by atoms with E-state index in [9.17, 15) is 5.11 Å². The molecule has 4 rings (SSSR count). The monoisotopic (exact) mass is 304 g/mol. The van der Waals surface area contributed by atoms with Gasteiger partial charge in [-0.25, -0.2) is 5.43 Å². The third-order valence-electron chi connectivity index (χ3n) is 3.82. The van der Waals surface area contributed by atoms with Crippen molar-refractivity contribution >= 4 is 17.0 Å². The fourth-order valence-corrected chi connectivity index (χ4v) is 2.60. The molecule has 2 heterocycles. The van der Waals surface area contributed by atoms with Crippen LogP contribution in [0.3, 0.4) is 0 Å². The van der Waals surface area contributed by atoms with Crippen molar-refractivity contribution in [3.8, 4) is 5.75 Å². The number of allylic oxidation sites excluding steroid dienone is 1. The van der Waals surface area contributed by atoms with Crippen molar-refractivity contribution < 1.29 is 9.52 Å². The molecule has 0 amide bonds. The van der Waals surface area contributed by atoms with E-state index in [0.717, 1.165) is 28.0 Å². The van der Waals surface area contributed by atoms with Gasteiger partial charge in [-0.05, 0) is 42.0 Å². The van der Waals surface area contributed by atoms with E-state index in [4.69, 9.17) is 4.42 Å². The van der Waals surface area contributed by atoms with Crippen LogP contribution >= 0.6 is 0 Å². The van der Waals surface area contributed by atoms with Gasteiger partial charge in [0.2, 0.25) is 0 Å². The first-order valence-electron chi connectivity index (χ1n) is 7.47. The Hall–Kier alpha value is -2.98. The van der Waals surface area contributed by atoms with Gasteiger partial charge < -0.3 is 14.9 Å². The first kappa shape index (κ1) is 13.7. The Labute approximate surface area is 133 Å². The number of aromatic hydroxyl groups is 1. The lowest BCUT2D eigenvalue weighted by Crippen LogP contribution is -2.26. The minimum Gasteiger partial charge on any atom is -0.508 e. The smallest absolute Gasteiger partial charge is 0.134 e. The van der Waals surface area contributed by atoms with Crippen LogP contribution < -0.4 is 10.9 Å². The molecule has 1 aliphatic rings. The molecule has 1 atom stereocenters. The highest BCUT2D eigenvalue weighted by Crippen LogP contribution is 2.26. The predicted molar refractivity (Wildman–Crippen MR) is 90.5 cm³/mol. The molecular formula is C19H16N2O2. The summed E-state index contributed by atoms with van der Waals surface area (Å²) in [6.07, 6.45) is 6.05. The van der Waals surface area contributed by atoms with Crippen molar-refractivity contribution in [1.29, 1.82) is 0 Å². The van der Waals surface area contributed by atoms with Crippen molar-refractivity contribution in [2.75, 3.05) is 0 Å². The molecular weight excluding hydrogens is 288 g/mol. The summed E-state index contributed by atoms with van der Waals surface area (Å²) in [4.78, 5) is 0. The molecule has 23 heavy (non-hydrogen) atoms. The number of para-hydroxylation sites is 1. The van der Waals surface area contributed by atoms with Crippen molar-refractivity contribution in [3.63, 3.8) is 0 Å². The topological polar surface area (TPSA) is 57.4 Å². The van der Waals surface area contributed by atoms with Crippen LogP contribution in [0.4, 0.5) is 0 Å². The number of phenols is 1. The molecule has 4 heteroatoms. The minimum atomic E-state index is 0.00173. The van der Waals surface area contributed by atoms with E-state index < -0.39 is 0 Å². The normalized spacial score (nSPS) is 17.6. The molecule has 0 spiro atoms. The summed E-state index contributed by atoms with van der Waals surface area (Å²) >= 11 is 0. The van der Waals surface area contributed by atoms with Crippen molar-refractivity contribution in [1.82, 2.24) is 10.9 Å². The third-order valence-corrected chi connectivity index (χ3v) is 3.82. The molecule has 0 fully saturated rings. The number of hydrogen-bond acceptors (Lipinski definition) is 4. The lowest BCUT2D eigenvalue weighted by Gasteiger charge is -2.04. The lowest BCUT2D eigenvalue weighted by molar-refractivity contribution is 0.475. The zero-order valence-electron chi connectivity index (χ0n) is 12.4. The zero-order valence-corrected chi connectivity index (χ0v) is 12.4. The molecule has 3 aromatic rings. The molecule has 1 aromatic heterocycles. The molecule has 0 bridgehead atoms. The molecule has 3 N–H and O–H groups in total. The summed E-state index contributed by atoms with van der Waals surface area (Å²) in [7, 11) is 0. The van der Waals surface area contributed by atoms with Gasteiger partial charge in [-0.15, -0.1) is 0 Å². The van der Waals surface area contributed by atoms with Crippen LogP contribution in [-0.4, -0.2) is 5.11 Å². The van der Waals surface area contributed by atoms with E-state index in [1.807, 2.05) is 48.6 Å². The number of furan rings is 1. The minimum absolute atomic E-state index is 0.00173. The van der Waals surface area contributed by atoms with Gasteiger partial charge in [0.05, 0.1) is 0 Å². The fraction of sp³-hybridized carbons (Fsp3) is 0.0526. The first-order valence-corrected chi connectivity index (χ1v) is 7.47. The molecule has 0 saturated carbocycles. The summed E-state index contributed by atoms with van der Waals surface area (Å²) in [5.74, 6) is 1.15. The maximum absolute atomic E-state index is 9.29. The summed E-state index contributed by atoms with van der Waals surface area (Å²) < 4.78 is 5.88. The quantitative estimate of drug-likeness (QED) is 0.687. The molecule has 2 aromatic carbocycles. The van der Waals surface area contributed by atoms with Crippen LogP contribution in [0.25, 0.3) is 17.0 Å². The Morgan fingerprint density at radius 1 is 1.00 bits per heavy atom. The average molecular weight is 304 g/mol. The van der Waals surface area contributed by atoms with E-state index in [1.165, 1.54) is 0 Å². The average Bonchev–Trinajstić information content (AvgIpc) is 3.21. The van der Waals surface area contributed by atoms with E-state index in [1.54, 1.807) is 12.1 Å². The van der Waals surface area contributed by atoms with E-state index in [2.05, 4.69) is 23.0 Å². The highest BCUT2D eigenvalue weighted by molar-refractivity contribution is 5.77.